The molecule has 0 unspecified atom stereocenters. The van der Waals surface area contributed by atoms with E-state index in [1.807, 2.05) is 23.3 Å². The Morgan fingerprint density at radius 2 is 1.91 bits per heavy atom. The monoisotopic (exact) mass is 332 g/mol. The fourth-order valence-electron chi connectivity index (χ4n) is 2.59. The summed E-state index contributed by atoms with van der Waals surface area (Å²) in [6, 6.07) is 8.12. The van der Waals surface area contributed by atoms with Gasteiger partial charge in [-0.25, -0.2) is 0 Å². The zero-order chi connectivity index (χ0) is 16.2. The molecule has 0 radical (unpaired) electrons. The van der Waals surface area contributed by atoms with Crippen molar-refractivity contribution in [2.45, 2.75) is 18.4 Å². The Morgan fingerprint density at radius 3 is 2.52 bits per heavy atom. The minimum Gasteiger partial charge on any atom is -0.340 e. The van der Waals surface area contributed by atoms with Crippen LogP contribution in [-0.4, -0.2) is 58.3 Å². The largest absolute Gasteiger partial charge is 0.340 e. The predicted octanol–water partition coefficient (Wildman–Crippen LogP) is 2.12. The summed E-state index contributed by atoms with van der Waals surface area (Å²) >= 11 is 1.70. The van der Waals surface area contributed by atoms with Gasteiger partial charge in [-0.1, -0.05) is 5.16 Å². The highest BCUT2D eigenvalue weighted by Crippen LogP contribution is 2.21. The predicted molar refractivity (Wildman–Crippen MR) is 89.0 cm³/mol. The number of hydrogen-bond donors (Lipinski definition) is 0. The van der Waals surface area contributed by atoms with Gasteiger partial charge in [0.05, 0.1) is 6.54 Å². The Morgan fingerprint density at radius 1 is 1.22 bits per heavy atom. The van der Waals surface area contributed by atoms with Crippen molar-refractivity contribution < 1.29 is 9.32 Å². The van der Waals surface area contributed by atoms with Gasteiger partial charge in [0, 0.05) is 43.6 Å². The Kier molecular flexibility index (Phi) is 4.97. The Labute approximate surface area is 139 Å². The fourth-order valence-corrected chi connectivity index (χ4v) is 3.00. The van der Waals surface area contributed by atoms with E-state index in [9.17, 15) is 4.79 Å². The lowest BCUT2D eigenvalue weighted by Crippen LogP contribution is -2.47. The van der Waals surface area contributed by atoms with Crippen molar-refractivity contribution in [3.05, 3.63) is 30.2 Å². The molecule has 0 bridgehead atoms. The number of carbonyl (C=O) groups is 1. The first-order chi connectivity index (χ1) is 11.2. The number of rotatable bonds is 4. The van der Waals surface area contributed by atoms with E-state index in [2.05, 4.69) is 27.2 Å². The number of carbonyl (C=O) groups excluding carboxylic acids is 1. The maximum absolute atomic E-state index is 11.3. The molecule has 2 heterocycles. The minimum absolute atomic E-state index is 0.137. The first kappa shape index (κ1) is 16.0. The normalized spacial score (nSPS) is 15.8. The second-order valence-corrected chi connectivity index (χ2v) is 6.40. The topological polar surface area (TPSA) is 62.5 Å². The van der Waals surface area contributed by atoms with Crippen molar-refractivity contribution in [2.24, 2.45) is 0 Å². The average molecular weight is 332 g/mol. The first-order valence-electron chi connectivity index (χ1n) is 7.60. The standard InChI is InChI=1S/C16H20N4O2S/c1-12(21)20-9-7-19(8-10-20)11-15-17-16(18-22-15)13-3-5-14(23-2)6-4-13/h3-6H,7-11H2,1-2H3. The SMILES string of the molecule is CSc1ccc(-c2noc(CN3CCN(C(C)=O)CC3)n2)cc1. The van der Waals surface area contributed by atoms with Crippen LogP contribution in [0.3, 0.4) is 0 Å². The molecule has 2 aromatic rings. The van der Waals surface area contributed by atoms with Crippen LogP contribution in [0.5, 0.6) is 0 Å². The maximum atomic E-state index is 11.3. The van der Waals surface area contributed by atoms with E-state index in [0.29, 0.717) is 18.3 Å². The lowest BCUT2D eigenvalue weighted by Gasteiger charge is -2.33. The van der Waals surface area contributed by atoms with Gasteiger partial charge in [-0.3, -0.25) is 9.69 Å². The van der Waals surface area contributed by atoms with Gasteiger partial charge in [0.15, 0.2) is 0 Å². The third kappa shape index (κ3) is 3.92. The van der Waals surface area contributed by atoms with Gasteiger partial charge in [-0.05, 0) is 30.5 Å². The summed E-state index contributed by atoms with van der Waals surface area (Å²) in [7, 11) is 0. The number of hydrogen-bond acceptors (Lipinski definition) is 6. The molecule has 7 heteroatoms. The summed E-state index contributed by atoms with van der Waals surface area (Å²) < 4.78 is 5.36. The van der Waals surface area contributed by atoms with Gasteiger partial charge in [0.25, 0.3) is 0 Å². The Hall–Kier alpha value is -1.86. The third-order valence-electron chi connectivity index (χ3n) is 3.99. The van der Waals surface area contributed by atoms with E-state index in [4.69, 9.17) is 4.52 Å². The number of piperazine rings is 1. The van der Waals surface area contributed by atoms with Crippen LogP contribution in [-0.2, 0) is 11.3 Å². The number of nitrogens with zero attached hydrogens (tertiary/aromatic N) is 4. The quantitative estimate of drug-likeness (QED) is 0.799. The summed E-state index contributed by atoms with van der Waals surface area (Å²) in [6.45, 7) is 5.42. The van der Waals surface area contributed by atoms with E-state index < -0.39 is 0 Å². The fraction of sp³-hybridized carbons (Fsp3) is 0.438. The van der Waals surface area contributed by atoms with E-state index in [1.165, 1.54) is 4.90 Å². The Balaban J connectivity index is 1.60. The lowest BCUT2D eigenvalue weighted by molar-refractivity contribution is -0.130. The van der Waals surface area contributed by atoms with Crippen molar-refractivity contribution in [3.8, 4) is 11.4 Å². The maximum Gasteiger partial charge on any atom is 0.241 e. The van der Waals surface area contributed by atoms with Gasteiger partial charge < -0.3 is 9.42 Å². The summed E-state index contributed by atoms with van der Waals surface area (Å²) in [5.41, 5.74) is 0.958. The first-order valence-corrected chi connectivity index (χ1v) is 8.83. The zero-order valence-corrected chi connectivity index (χ0v) is 14.2. The lowest BCUT2D eigenvalue weighted by atomic mass is 10.2. The molecule has 1 aliphatic heterocycles. The Bertz CT molecular complexity index is 663. The highest BCUT2D eigenvalue weighted by Gasteiger charge is 2.20. The van der Waals surface area contributed by atoms with Crippen molar-refractivity contribution in [2.75, 3.05) is 32.4 Å². The van der Waals surface area contributed by atoms with Crippen LogP contribution in [0, 0.1) is 0 Å². The molecule has 3 rings (SSSR count). The molecular formula is C16H20N4O2S. The molecule has 1 saturated heterocycles. The van der Waals surface area contributed by atoms with Crippen LogP contribution in [0.15, 0.2) is 33.7 Å². The molecule has 23 heavy (non-hydrogen) atoms. The smallest absolute Gasteiger partial charge is 0.241 e. The molecule has 0 N–H and O–H groups in total. The molecule has 1 aromatic carbocycles. The van der Waals surface area contributed by atoms with Crippen molar-refractivity contribution in [3.63, 3.8) is 0 Å². The molecule has 1 aromatic heterocycles. The van der Waals surface area contributed by atoms with Crippen LogP contribution in [0.1, 0.15) is 12.8 Å². The van der Waals surface area contributed by atoms with E-state index in [-0.39, 0.29) is 5.91 Å². The van der Waals surface area contributed by atoms with Gasteiger partial charge in [-0.2, -0.15) is 4.98 Å². The van der Waals surface area contributed by atoms with Gasteiger partial charge >= 0.3 is 0 Å². The molecule has 122 valence electrons. The van der Waals surface area contributed by atoms with Crippen LogP contribution in [0.2, 0.25) is 0 Å². The number of amides is 1. The van der Waals surface area contributed by atoms with Gasteiger partial charge in [0.2, 0.25) is 17.6 Å². The van der Waals surface area contributed by atoms with Crippen LogP contribution < -0.4 is 0 Å². The summed E-state index contributed by atoms with van der Waals surface area (Å²) in [6.07, 6.45) is 2.05. The van der Waals surface area contributed by atoms with Crippen LogP contribution >= 0.6 is 11.8 Å². The second-order valence-electron chi connectivity index (χ2n) is 5.52. The third-order valence-corrected chi connectivity index (χ3v) is 4.74. The minimum atomic E-state index is 0.137. The number of aromatic nitrogens is 2. The molecule has 1 aliphatic rings. The summed E-state index contributed by atoms with van der Waals surface area (Å²) in [4.78, 5) is 21.1. The summed E-state index contributed by atoms with van der Waals surface area (Å²) in [5.74, 6) is 1.37. The molecule has 1 amide bonds. The van der Waals surface area contributed by atoms with E-state index >= 15 is 0 Å². The molecule has 0 saturated carbocycles. The molecule has 0 aliphatic carbocycles. The van der Waals surface area contributed by atoms with E-state index in [1.54, 1.807) is 18.7 Å². The van der Waals surface area contributed by atoms with Crippen molar-refractivity contribution >= 4 is 17.7 Å². The highest BCUT2D eigenvalue weighted by atomic mass is 32.2. The van der Waals surface area contributed by atoms with Gasteiger partial charge in [-0.15, -0.1) is 11.8 Å². The second kappa shape index (κ2) is 7.14. The average Bonchev–Trinajstić information content (AvgIpc) is 3.04. The van der Waals surface area contributed by atoms with Crippen LogP contribution in [0.25, 0.3) is 11.4 Å². The van der Waals surface area contributed by atoms with Gasteiger partial charge in [0.1, 0.15) is 0 Å². The van der Waals surface area contributed by atoms with E-state index in [0.717, 1.165) is 31.7 Å². The number of benzene rings is 1. The zero-order valence-electron chi connectivity index (χ0n) is 13.4. The van der Waals surface area contributed by atoms with Crippen LogP contribution in [0.4, 0.5) is 0 Å². The highest BCUT2D eigenvalue weighted by molar-refractivity contribution is 7.98. The number of thioether (sulfide) groups is 1. The molecule has 1 fully saturated rings. The molecule has 0 atom stereocenters. The summed E-state index contributed by atoms with van der Waals surface area (Å²) in [5, 5.41) is 4.07. The van der Waals surface area contributed by atoms with Crippen molar-refractivity contribution in [1.82, 2.24) is 19.9 Å². The molecular weight excluding hydrogens is 312 g/mol. The van der Waals surface area contributed by atoms with Crippen molar-refractivity contribution in [1.29, 1.82) is 0 Å². The molecule has 0 spiro atoms. The molecule has 6 nitrogen and oxygen atoms in total.